The first-order chi connectivity index (χ1) is 24.1. The number of anilines is 1. The summed E-state index contributed by atoms with van der Waals surface area (Å²) in [5, 5.41) is 13.6. The molecule has 4 aliphatic heterocycles. The van der Waals surface area contributed by atoms with Gasteiger partial charge in [-0.3, -0.25) is 19.4 Å². The predicted octanol–water partition coefficient (Wildman–Crippen LogP) is 3.23. The van der Waals surface area contributed by atoms with Gasteiger partial charge in [0.25, 0.3) is 11.8 Å². The van der Waals surface area contributed by atoms with E-state index in [-0.39, 0.29) is 48.6 Å². The SMILES string of the molecule is O=C(NCCNC(=O)c1cccc(S(=O)(=O)N2CCS[C@H]2C(=O)O)c1)c1cccc(CN(C(=O)O[C@H]2CN3CCC2CC3)c2ccccc2)c1. The summed E-state index contributed by atoms with van der Waals surface area (Å²) in [6.07, 6.45) is 1.47. The molecule has 2 bridgehead atoms. The van der Waals surface area contributed by atoms with Gasteiger partial charge in [0, 0.05) is 48.7 Å². The second kappa shape index (κ2) is 15.6. The van der Waals surface area contributed by atoms with Crippen LogP contribution < -0.4 is 15.5 Å². The zero-order chi connectivity index (χ0) is 35.3. The highest BCUT2D eigenvalue weighted by molar-refractivity contribution is 8.02. The monoisotopic (exact) mass is 721 g/mol. The highest BCUT2D eigenvalue weighted by atomic mass is 32.2. The second-order valence-corrected chi connectivity index (χ2v) is 15.5. The smallest absolute Gasteiger partial charge is 0.414 e. The van der Waals surface area contributed by atoms with Crippen LogP contribution in [0.4, 0.5) is 10.5 Å². The normalized spacial score (nSPS) is 21.7. The number of carboxylic acids is 1. The molecule has 3 aromatic carbocycles. The van der Waals surface area contributed by atoms with E-state index >= 15 is 0 Å². The Balaban J connectivity index is 1.03. The van der Waals surface area contributed by atoms with E-state index in [1.54, 1.807) is 23.1 Å². The van der Waals surface area contributed by atoms with E-state index < -0.39 is 33.4 Å². The number of benzene rings is 3. The predicted molar refractivity (Wildman–Crippen MR) is 187 cm³/mol. The molecule has 4 fully saturated rings. The van der Waals surface area contributed by atoms with Crippen LogP contribution in [0.15, 0.2) is 83.8 Å². The number of fused-ring (bicyclic) bond motifs is 3. The summed E-state index contributed by atoms with van der Waals surface area (Å²) in [7, 11) is -4.13. The first kappa shape index (κ1) is 35.4. The van der Waals surface area contributed by atoms with Gasteiger partial charge in [0.1, 0.15) is 6.10 Å². The molecule has 2 atom stereocenters. The van der Waals surface area contributed by atoms with Gasteiger partial charge in [-0.25, -0.2) is 18.0 Å². The van der Waals surface area contributed by atoms with E-state index in [0.29, 0.717) is 22.9 Å². The lowest BCUT2D eigenvalue weighted by atomic mass is 9.86. The number of para-hydroxylation sites is 1. The molecule has 4 saturated heterocycles. The lowest BCUT2D eigenvalue weighted by molar-refractivity contribution is -0.138. The molecular weight excluding hydrogens is 683 g/mol. The van der Waals surface area contributed by atoms with Gasteiger partial charge < -0.3 is 20.5 Å². The molecule has 13 nitrogen and oxygen atoms in total. The van der Waals surface area contributed by atoms with Crippen LogP contribution in [0.1, 0.15) is 39.1 Å². The quantitative estimate of drug-likeness (QED) is 0.237. The first-order valence-corrected chi connectivity index (χ1v) is 19.0. The van der Waals surface area contributed by atoms with E-state index in [2.05, 4.69) is 15.5 Å². The number of sulfonamides is 1. The molecule has 50 heavy (non-hydrogen) atoms. The summed E-state index contributed by atoms with van der Waals surface area (Å²) in [6.45, 7) is 3.25. The molecule has 4 aliphatic rings. The number of aliphatic carboxylic acids is 1. The Morgan fingerprint density at radius 2 is 1.52 bits per heavy atom. The number of thioether (sulfide) groups is 1. The van der Waals surface area contributed by atoms with Crippen molar-refractivity contribution in [2.24, 2.45) is 5.92 Å². The third-order valence-corrected chi connectivity index (χ3v) is 12.3. The highest BCUT2D eigenvalue weighted by Gasteiger charge is 2.40. The average Bonchev–Trinajstić information content (AvgIpc) is 3.65. The molecule has 0 unspecified atom stereocenters. The minimum absolute atomic E-state index is 0.0561. The minimum Gasteiger partial charge on any atom is -0.479 e. The fraction of sp³-hybridized carbons (Fsp3) is 0.371. The van der Waals surface area contributed by atoms with E-state index in [0.717, 1.165) is 54.1 Å². The Kier molecular flexibility index (Phi) is 11.1. The van der Waals surface area contributed by atoms with Crippen LogP contribution in [0.2, 0.25) is 0 Å². The number of nitrogens with zero attached hydrogens (tertiary/aromatic N) is 3. The highest BCUT2D eigenvalue weighted by Crippen LogP contribution is 2.32. The van der Waals surface area contributed by atoms with Gasteiger partial charge in [0.15, 0.2) is 5.37 Å². The lowest BCUT2D eigenvalue weighted by Gasteiger charge is -2.44. The Morgan fingerprint density at radius 1 is 0.860 bits per heavy atom. The largest absolute Gasteiger partial charge is 0.479 e. The van der Waals surface area contributed by atoms with Crippen LogP contribution in [-0.4, -0.2) is 103 Å². The lowest BCUT2D eigenvalue weighted by Crippen LogP contribution is -2.53. The maximum atomic E-state index is 13.5. The summed E-state index contributed by atoms with van der Waals surface area (Å²) in [5.74, 6) is -1.44. The summed E-state index contributed by atoms with van der Waals surface area (Å²) in [5.41, 5.74) is 1.88. The number of carbonyl (C=O) groups excluding carboxylic acids is 3. The Bertz CT molecular complexity index is 1840. The van der Waals surface area contributed by atoms with Crippen molar-refractivity contribution in [3.8, 4) is 0 Å². The molecule has 3 amide bonds. The zero-order valence-corrected chi connectivity index (χ0v) is 28.9. The molecule has 3 aromatic rings. The molecule has 7 rings (SSSR count). The van der Waals surface area contributed by atoms with E-state index in [9.17, 15) is 32.7 Å². The molecule has 15 heteroatoms. The third-order valence-electron chi connectivity index (χ3n) is 9.13. The number of piperidine rings is 3. The minimum atomic E-state index is -4.13. The van der Waals surface area contributed by atoms with E-state index in [4.69, 9.17) is 4.74 Å². The number of amides is 3. The average molecular weight is 722 g/mol. The molecular formula is C35H39N5O8S2. The summed E-state index contributed by atoms with van der Waals surface area (Å²) in [6, 6.07) is 21.7. The van der Waals surface area contributed by atoms with Crippen LogP contribution in [0.25, 0.3) is 0 Å². The Hall–Kier alpha value is -4.44. The maximum Gasteiger partial charge on any atom is 0.414 e. The van der Waals surface area contributed by atoms with Gasteiger partial charge in [-0.2, -0.15) is 4.31 Å². The standard InChI is InChI=1S/C35H39N5O8S2/c41-31(36-14-15-37-32(42)27-8-5-11-29(21-27)50(46,47)40-18-19-49-33(40)34(43)44)26-7-4-6-24(20-26)22-39(28-9-2-1-3-10-28)35(45)48-30-23-38-16-12-25(30)13-17-38/h1-11,20-21,25,30,33H,12-19,22-23H2,(H,36,41)(H,37,42)(H,43,44)/t30-,33-/m0/s1. The second-order valence-electron chi connectivity index (χ2n) is 12.4. The topological polar surface area (TPSA) is 166 Å². The van der Waals surface area contributed by atoms with E-state index in [1.165, 1.54) is 24.3 Å². The van der Waals surface area contributed by atoms with Crippen molar-refractivity contribution in [3.05, 3.63) is 95.6 Å². The van der Waals surface area contributed by atoms with Crippen LogP contribution in [0, 0.1) is 5.92 Å². The van der Waals surface area contributed by atoms with Crippen molar-refractivity contribution in [3.63, 3.8) is 0 Å². The van der Waals surface area contributed by atoms with Crippen molar-refractivity contribution in [1.82, 2.24) is 19.8 Å². The molecule has 264 valence electrons. The Morgan fingerprint density at radius 3 is 2.16 bits per heavy atom. The molecule has 4 heterocycles. The molecule has 0 saturated carbocycles. The number of carbonyl (C=O) groups is 4. The van der Waals surface area contributed by atoms with Crippen molar-refractivity contribution < 1.29 is 37.4 Å². The van der Waals surface area contributed by atoms with Crippen molar-refractivity contribution in [1.29, 1.82) is 0 Å². The Labute approximate surface area is 295 Å². The number of hydrogen-bond acceptors (Lipinski definition) is 9. The van der Waals surface area contributed by atoms with Gasteiger partial charge >= 0.3 is 12.1 Å². The van der Waals surface area contributed by atoms with Crippen molar-refractivity contribution in [2.75, 3.05) is 49.9 Å². The van der Waals surface area contributed by atoms with Crippen LogP contribution >= 0.6 is 11.8 Å². The third kappa shape index (κ3) is 8.12. The van der Waals surface area contributed by atoms with Gasteiger partial charge in [-0.15, -0.1) is 11.8 Å². The fourth-order valence-corrected chi connectivity index (χ4v) is 9.53. The number of rotatable bonds is 12. The summed E-state index contributed by atoms with van der Waals surface area (Å²) < 4.78 is 33.2. The van der Waals surface area contributed by atoms with Crippen LogP contribution in [0.5, 0.6) is 0 Å². The van der Waals surface area contributed by atoms with Crippen LogP contribution in [0.3, 0.4) is 0 Å². The van der Waals surface area contributed by atoms with Crippen molar-refractivity contribution >= 4 is 51.3 Å². The molecule has 0 radical (unpaired) electrons. The van der Waals surface area contributed by atoms with Crippen molar-refractivity contribution in [2.45, 2.75) is 35.8 Å². The fourth-order valence-electron chi connectivity index (χ4n) is 6.48. The molecule has 0 spiro atoms. The first-order valence-electron chi connectivity index (χ1n) is 16.5. The summed E-state index contributed by atoms with van der Waals surface area (Å²) >= 11 is 1.03. The van der Waals surface area contributed by atoms with Crippen LogP contribution in [-0.2, 0) is 26.1 Å². The molecule has 0 aromatic heterocycles. The number of nitrogens with one attached hydrogen (secondary N) is 2. The summed E-state index contributed by atoms with van der Waals surface area (Å²) in [4.78, 5) is 54.7. The van der Waals surface area contributed by atoms with Gasteiger partial charge in [-0.05, 0) is 79.9 Å². The maximum absolute atomic E-state index is 13.5. The molecule has 0 aliphatic carbocycles. The zero-order valence-electron chi connectivity index (χ0n) is 27.3. The van der Waals surface area contributed by atoms with E-state index in [1.807, 2.05) is 36.4 Å². The number of carboxylic acid groups (broad SMARTS) is 1. The van der Waals surface area contributed by atoms with Gasteiger partial charge in [0.2, 0.25) is 10.0 Å². The van der Waals surface area contributed by atoms with Gasteiger partial charge in [-0.1, -0.05) is 36.4 Å². The van der Waals surface area contributed by atoms with Gasteiger partial charge in [0.05, 0.1) is 11.4 Å². The number of ether oxygens (including phenoxy) is 1. The molecule has 3 N–H and O–H groups in total. The number of hydrogen-bond donors (Lipinski definition) is 3.